The summed E-state index contributed by atoms with van der Waals surface area (Å²) >= 11 is 5.75. The van der Waals surface area contributed by atoms with E-state index >= 15 is 0 Å². The van der Waals surface area contributed by atoms with Gasteiger partial charge in [0.05, 0.1) is 12.7 Å². The van der Waals surface area contributed by atoms with Crippen molar-refractivity contribution in [3.05, 3.63) is 34.3 Å². The minimum Gasteiger partial charge on any atom is -0.465 e. The average Bonchev–Trinajstić information content (AvgIpc) is 2.26. The first-order valence-electron chi connectivity index (χ1n) is 3.95. The molecule has 0 unspecified atom stereocenters. The number of oxime groups is 1. The predicted molar refractivity (Wildman–Crippen MR) is 55.3 cm³/mol. The van der Waals surface area contributed by atoms with Crippen LogP contribution in [0.2, 0.25) is 5.02 Å². The number of nitrogens with zero attached hydrogens (tertiary/aromatic N) is 1. The molecule has 0 aliphatic carbocycles. The number of hydrogen-bond donors (Lipinski definition) is 2. The summed E-state index contributed by atoms with van der Waals surface area (Å²) in [5, 5.41) is 11.6. The zero-order valence-corrected chi connectivity index (χ0v) is 8.65. The Balaban J connectivity index is 3.22. The zero-order valence-electron chi connectivity index (χ0n) is 7.90. The van der Waals surface area contributed by atoms with E-state index in [4.69, 9.17) is 22.5 Å². The van der Waals surface area contributed by atoms with Crippen molar-refractivity contribution >= 4 is 23.4 Å². The van der Waals surface area contributed by atoms with Gasteiger partial charge in [0.25, 0.3) is 0 Å². The first-order chi connectivity index (χ1) is 7.08. The van der Waals surface area contributed by atoms with Gasteiger partial charge in [0.2, 0.25) is 0 Å². The van der Waals surface area contributed by atoms with Crippen LogP contribution in [0, 0.1) is 0 Å². The van der Waals surface area contributed by atoms with Crippen molar-refractivity contribution in [2.45, 2.75) is 0 Å². The molecular weight excluding hydrogens is 220 g/mol. The molecule has 0 radical (unpaired) electrons. The van der Waals surface area contributed by atoms with Gasteiger partial charge in [-0.05, 0) is 18.2 Å². The van der Waals surface area contributed by atoms with E-state index in [0.29, 0.717) is 10.6 Å². The summed E-state index contributed by atoms with van der Waals surface area (Å²) in [5.74, 6) is -0.660. The fourth-order valence-corrected chi connectivity index (χ4v) is 1.27. The standard InChI is InChI=1S/C9H9ClN2O3/c1-15-9(13)6-2-5(8(11)12-14)3-7(10)4-6/h2-4,14H,1H3,(H2,11,12). The third-order valence-corrected chi connectivity index (χ3v) is 1.94. The molecule has 6 heteroatoms. The number of halogens is 1. The van der Waals surface area contributed by atoms with Gasteiger partial charge >= 0.3 is 5.97 Å². The van der Waals surface area contributed by atoms with Crippen molar-refractivity contribution in [3.63, 3.8) is 0 Å². The molecule has 3 N–H and O–H groups in total. The second-order valence-corrected chi connectivity index (χ2v) is 3.14. The Hall–Kier alpha value is -1.75. The van der Waals surface area contributed by atoms with Crippen LogP contribution in [-0.4, -0.2) is 24.1 Å². The van der Waals surface area contributed by atoms with Crippen LogP contribution in [0.25, 0.3) is 0 Å². The Morgan fingerprint density at radius 2 is 2.07 bits per heavy atom. The lowest BCUT2D eigenvalue weighted by molar-refractivity contribution is 0.0600. The molecule has 0 heterocycles. The van der Waals surface area contributed by atoms with E-state index in [2.05, 4.69) is 9.89 Å². The molecular formula is C9H9ClN2O3. The van der Waals surface area contributed by atoms with E-state index in [1.54, 1.807) is 0 Å². The van der Waals surface area contributed by atoms with Crippen LogP contribution in [-0.2, 0) is 4.74 Å². The highest BCUT2D eigenvalue weighted by molar-refractivity contribution is 6.31. The van der Waals surface area contributed by atoms with Gasteiger partial charge in [-0.25, -0.2) is 4.79 Å². The number of amidine groups is 1. The van der Waals surface area contributed by atoms with Crippen LogP contribution in [0.4, 0.5) is 0 Å². The summed E-state index contributed by atoms with van der Waals surface area (Å²) < 4.78 is 4.52. The molecule has 0 atom stereocenters. The maximum atomic E-state index is 11.2. The van der Waals surface area contributed by atoms with Crippen molar-refractivity contribution in [2.24, 2.45) is 10.9 Å². The van der Waals surface area contributed by atoms with Gasteiger partial charge in [-0.3, -0.25) is 0 Å². The molecule has 0 aliphatic rings. The van der Waals surface area contributed by atoms with Gasteiger partial charge in [0.1, 0.15) is 0 Å². The zero-order chi connectivity index (χ0) is 11.4. The van der Waals surface area contributed by atoms with Crippen LogP contribution in [0.1, 0.15) is 15.9 Å². The minimum absolute atomic E-state index is 0.123. The van der Waals surface area contributed by atoms with E-state index in [1.807, 2.05) is 0 Å². The summed E-state index contributed by atoms with van der Waals surface area (Å²) in [7, 11) is 1.26. The van der Waals surface area contributed by atoms with Gasteiger partial charge in [-0.2, -0.15) is 0 Å². The largest absolute Gasteiger partial charge is 0.465 e. The summed E-state index contributed by atoms with van der Waals surface area (Å²) in [6, 6.07) is 4.33. The Morgan fingerprint density at radius 1 is 1.47 bits per heavy atom. The van der Waals surface area contributed by atoms with Gasteiger partial charge < -0.3 is 15.7 Å². The topological polar surface area (TPSA) is 84.9 Å². The second kappa shape index (κ2) is 4.65. The smallest absolute Gasteiger partial charge is 0.337 e. The Labute approximate surface area is 91.1 Å². The molecule has 1 aromatic carbocycles. The highest BCUT2D eigenvalue weighted by Crippen LogP contribution is 2.15. The first kappa shape index (κ1) is 11.3. The van der Waals surface area contributed by atoms with Gasteiger partial charge in [-0.1, -0.05) is 16.8 Å². The first-order valence-corrected chi connectivity index (χ1v) is 4.33. The summed E-state index contributed by atoms with van der Waals surface area (Å²) in [5.41, 5.74) is 5.96. The fourth-order valence-electron chi connectivity index (χ4n) is 1.03. The van der Waals surface area contributed by atoms with Crippen molar-refractivity contribution in [3.8, 4) is 0 Å². The molecule has 80 valence electrons. The Morgan fingerprint density at radius 3 is 2.60 bits per heavy atom. The molecule has 0 saturated carbocycles. The van der Waals surface area contributed by atoms with Crippen LogP contribution >= 0.6 is 11.6 Å². The van der Waals surface area contributed by atoms with E-state index in [1.165, 1.54) is 25.3 Å². The quantitative estimate of drug-likeness (QED) is 0.262. The van der Waals surface area contributed by atoms with Crippen molar-refractivity contribution in [1.82, 2.24) is 0 Å². The number of benzene rings is 1. The number of methoxy groups -OCH3 is 1. The number of carbonyl (C=O) groups is 1. The maximum Gasteiger partial charge on any atom is 0.337 e. The minimum atomic E-state index is -0.538. The molecule has 1 rings (SSSR count). The monoisotopic (exact) mass is 228 g/mol. The number of hydrogen-bond acceptors (Lipinski definition) is 4. The summed E-state index contributed by atoms with van der Waals surface area (Å²) in [6.07, 6.45) is 0. The van der Waals surface area contributed by atoms with E-state index in [0.717, 1.165) is 0 Å². The average molecular weight is 229 g/mol. The third kappa shape index (κ3) is 2.60. The lowest BCUT2D eigenvalue weighted by atomic mass is 10.1. The summed E-state index contributed by atoms with van der Waals surface area (Å²) in [4.78, 5) is 11.2. The Kier molecular flexibility index (Phi) is 3.51. The van der Waals surface area contributed by atoms with Gasteiger partial charge in [0, 0.05) is 10.6 Å². The molecule has 0 amide bonds. The lowest BCUT2D eigenvalue weighted by Gasteiger charge is -2.03. The second-order valence-electron chi connectivity index (χ2n) is 2.71. The highest BCUT2D eigenvalue weighted by atomic mass is 35.5. The van der Waals surface area contributed by atoms with Crippen LogP contribution in [0.3, 0.4) is 0 Å². The van der Waals surface area contributed by atoms with E-state index < -0.39 is 5.97 Å². The molecule has 5 nitrogen and oxygen atoms in total. The predicted octanol–water partition coefficient (Wildman–Crippen LogP) is 1.22. The number of nitrogens with two attached hydrogens (primary N) is 1. The number of esters is 1. The molecule has 0 aromatic heterocycles. The Bertz CT molecular complexity index is 418. The fraction of sp³-hybridized carbons (Fsp3) is 0.111. The summed E-state index contributed by atoms with van der Waals surface area (Å²) in [6.45, 7) is 0. The molecule has 0 aliphatic heterocycles. The molecule has 0 fully saturated rings. The molecule has 15 heavy (non-hydrogen) atoms. The number of carbonyl (C=O) groups excluding carboxylic acids is 1. The van der Waals surface area contributed by atoms with Gasteiger partial charge in [-0.15, -0.1) is 0 Å². The van der Waals surface area contributed by atoms with Crippen molar-refractivity contribution in [1.29, 1.82) is 0 Å². The van der Waals surface area contributed by atoms with Crippen LogP contribution in [0.5, 0.6) is 0 Å². The van der Waals surface area contributed by atoms with E-state index in [9.17, 15) is 4.79 Å². The third-order valence-electron chi connectivity index (χ3n) is 1.72. The molecule has 0 saturated heterocycles. The van der Waals surface area contributed by atoms with Gasteiger partial charge in [0.15, 0.2) is 5.84 Å². The number of rotatable bonds is 2. The molecule has 0 spiro atoms. The maximum absolute atomic E-state index is 11.2. The van der Waals surface area contributed by atoms with Crippen molar-refractivity contribution in [2.75, 3.05) is 7.11 Å². The van der Waals surface area contributed by atoms with Crippen LogP contribution < -0.4 is 5.73 Å². The SMILES string of the molecule is COC(=O)c1cc(Cl)cc(C(N)=NO)c1. The van der Waals surface area contributed by atoms with Crippen LogP contribution in [0.15, 0.2) is 23.4 Å². The number of ether oxygens (including phenoxy) is 1. The normalized spacial score (nSPS) is 11.2. The van der Waals surface area contributed by atoms with Crippen molar-refractivity contribution < 1.29 is 14.7 Å². The van der Waals surface area contributed by atoms with E-state index in [-0.39, 0.29) is 11.4 Å². The molecule has 1 aromatic rings. The highest BCUT2D eigenvalue weighted by Gasteiger charge is 2.10. The lowest BCUT2D eigenvalue weighted by Crippen LogP contribution is -2.14. The molecule has 0 bridgehead atoms.